The van der Waals surface area contributed by atoms with Gasteiger partial charge < -0.3 is 20.1 Å². The highest BCUT2D eigenvalue weighted by molar-refractivity contribution is 5.90. The lowest BCUT2D eigenvalue weighted by atomic mass is 10.0. The predicted octanol–water partition coefficient (Wildman–Crippen LogP) is 3.79. The van der Waals surface area contributed by atoms with Crippen LogP contribution in [-0.4, -0.2) is 25.7 Å². The Morgan fingerprint density at radius 1 is 1.15 bits per heavy atom. The minimum Gasteiger partial charge on any atom is -0.497 e. The number of esters is 1. The lowest BCUT2D eigenvalue weighted by Crippen LogP contribution is -2.34. The molecule has 0 aromatic heterocycles. The highest BCUT2D eigenvalue weighted by atomic mass is 19.1. The first-order valence-corrected chi connectivity index (χ1v) is 8.25. The van der Waals surface area contributed by atoms with Crippen LogP contribution in [0.4, 0.5) is 19.3 Å². The Morgan fingerprint density at radius 2 is 1.93 bits per heavy atom. The Labute approximate surface area is 155 Å². The average Bonchev–Trinajstić information content (AvgIpc) is 2.64. The number of carbonyl (C=O) groups is 2. The summed E-state index contributed by atoms with van der Waals surface area (Å²) in [4.78, 5) is 24.1. The van der Waals surface area contributed by atoms with Gasteiger partial charge in [-0.15, -0.1) is 0 Å². The van der Waals surface area contributed by atoms with Gasteiger partial charge in [-0.05, 0) is 36.8 Å². The number of amides is 2. The largest absolute Gasteiger partial charge is 0.497 e. The van der Waals surface area contributed by atoms with Crippen molar-refractivity contribution in [3.8, 4) is 5.75 Å². The second-order valence-electron chi connectivity index (χ2n) is 5.56. The van der Waals surface area contributed by atoms with Crippen molar-refractivity contribution in [2.24, 2.45) is 0 Å². The molecule has 6 nitrogen and oxygen atoms in total. The van der Waals surface area contributed by atoms with Gasteiger partial charge in [-0.1, -0.05) is 12.1 Å². The number of nitrogens with one attached hydrogen (secondary N) is 2. The van der Waals surface area contributed by atoms with Gasteiger partial charge in [-0.25, -0.2) is 13.6 Å². The molecule has 0 fully saturated rings. The maximum atomic E-state index is 13.7. The van der Waals surface area contributed by atoms with Crippen LogP contribution in [-0.2, 0) is 9.53 Å². The van der Waals surface area contributed by atoms with Crippen LogP contribution >= 0.6 is 0 Å². The number of urea groups is 1. The van der Waals surface area contributed by atoms with E-state index in [4.69, 9.17) is 9.47 Å². The molecule has 2 amide bonds. The molecule has 2 rings (SSSR count). The molecular formula is C19H20F2N2O4. The van der Waals surface area contributed by atoms with Crippen LogP contribution in [0.15, 0.2) is 42.5 Å². The number of ether oxygens (including phenoxy) is 2. The molecule has 0 heterocycles. The molecule has 2 aromatic rings. The normalized spacial score (nSPS) is 11.4. The minimum absolute atomic E-state index is 0.125. The summed E-state index contributed by atoms with van der Waals surface area (Å²) < 4.78 is 36.8. The maximum Gasteiger partial charge on any atom is 0.319 e. The summed E-state index contributed by atoms with van der Waals surface area (Å²) in [6.45, 7) is 1.88. The Bertz CT molecular complexity index is 814. The van der Waals surface area contributed by atoms with Crippen LogP contribution in [0.1, 0.15) is 24.9 Å². The van der Waals surface area contributed by atoms with Crippen molar-refractivity contribution in [1.29, 1.82) is 0 Å². The van der Waals surface area contributed by atoms with Crippen LogP contribution in [0.3, 0.4) is 0 Å². The van der Waals surface area contributed by atoms with Crippen LogP contribution in [0.25, 0.3) is 0 Å². The number of methoxy groups -OCH3 is 1. The van der Waals surface area contributed by atoms with Gasteiger partial charge in [0.05, 0.1) is 31.9 Å². The summed E-state index contributed by atoms with van der Waals surface area (Å²) in [5, 5.41) is 4.89. The molecule has 2 N–H and O–H groups in total. The third-order valence-corrected chi connectivity index (χ3v) is 3.66. The third kappa shape index (κ3) is 5.95. The van der Waals surface area contributed by atoms with Gasteiger partial charge in [-0.3, -0.25) is 4.79 Å². The van der Waals surface area contributed by atoms with E-state index in [1.165, 1.54) is 7.11 Å². The van der Waals surface area contributed by atoms with Crippen molar-refractivity contribution in [1.82, 2.24) is 5.32 Å². The molecular weight excluding hydrogens is 358 g/mol. The lowest BCUT2D eigenvalue weighted by molar-refractivity contribution is -0.143. The molecule has 0 aliphatic rings. The Morgan fingerprint density at radius 3 is 2.59 bits per heavy atom. The summed E-state index contributed by atoms with van der Waals surface area (Å²) in [7, 11) is 1.50. The topological polar surface area (TPSA) is 76.7 Å². The molecule has 0 aliphatic heterocycles. The highest BCUT2D eigenvalue weighted by Gasteiger charge is 2.20. The van der Waals surface area contributed by atoms with Crippen molar-refractivity contribution in [2.45, 2.75) is 19.4 Å². The molecule has 1 unspecified atom stereocenters. The Kier molecular flexibility index (Phi) is 7.10. The Hall–Kier alpha value is -3.16. The van der Waals surface area contributed by atoms with Crippen molar-refractivity contribution in [2.75, 3.05) is 19.0 Å². The molecule has 8 heteroatoms. The van der Waals surface area contributed by atoms with E-state index >= 15 is 0 Å². The van der Waals surface area contributed by atoms with E-state index in [2.05, 4.69) is 10.6 Å². The van der Waals surface area contributed by atoms with Crippen molar-refractivity contribution in [3.63, 3.8) is 0 Å². The zero-order chi connectivity index (χ0) is 19.8. The molecule has 2 aromatic carbocycles. The zero-order valence-corrected chi connectivity index (χ0v) is 14.9. The minimum atomic E-state index is -0.909. The van der Waals surface area contributed by atoms with Crippen LogP contribution < -0.4 is 15.4 Å². The molecule has 0 radical (unpaired) electrons. The predicted molar refractivity (Wildman–Crippen MR) is 95.5 cm³/mol. The summed E-state index contributed by atoms with van der Waals surface area (Å²) in [6.07, 6.45) is -0.125. The van der Waals surface area contributed by atoms with Gasteiger partial charge in [0, 0.05) is 6.07 Å². The smallest absolute Gasteiger partial charge is 0.319 e. The van der Waals surface area contributed by atoms with Crippen LogP contribution in [0.5, 0.6) is 5.75 Å². The summed E-state index contributed by atoms with van der Waals surface area (Å²) >= 11 is 0. The van der Waals surface area contributed by atoms with E-state index in [9.17, 15) is 18.4 Å². The number of anilines is 1. The van der Waals surface area contributed by atoms with E-state index in [0.29, 0.717) is 17.4 Å². The van der Waals surface area contributed by atoms with Gasteiger partial charge >= 0.3 is 12.0 Å². The summed E-state index contributed by atoms with van der Waals surface area (Å²) in [5.74, 6) is -1.62. The lowest BCUT2D eigenvalue weighted by Gasteiger charge is -2.19. The van der Waals surface area contributed by atoms with Crippen molar-refractivity contribution < 1.29 is 27.8 Å². The molecule has 0 bridgehead atoms. The van der Waals surface area contributed by atoms with Crippen LogP contribution in [0.2, 0.25) is 0 Å². The molecule has 0 saturated carbocycles. The van der Waals surface area contributed by atoms with E-state index in [0.717, 1.165) is 12.1 Å². The van der Waals surface area contributed by atoms with Gasteiger partial charge in [0.2, 0.25) is 0 Å². The molecule has 0 spiro atoms. The Balaban J connectivity index is 2.16. The second kappa shape index (κ2) is 9.51. The van der Waals surface area contributed by atoms with E-state index < -0.39 is 29.7 Å². The van der Waals surface area contributed by atoms with Gasteiger partial charge in [0.15, 0.2) is 0 Å². The number of hydrogen-bond acceptors (Lipinski definition) is 4. The molecule has 27 heavy (non-hydrogen) atoms. The fourth-order valence-corrected chi connectivity index (χ4v) is 2.40. The van der Waals surface area contributed by atoms with E-state index in [-0.39, 0.29) is 18.7 Å². The fraction of sp³-hybridized carbons (Fsp3) is 0.263. The molecule has 144 valence electrons. The number of carbonyl (C=O) groups excluding carboxylic acids is 2. The van der Waals surface area contributed by atoms with Gasteiger partial charge in [0.1, 0.15) is 17.4 Å². The SMILES string of the molecule is CCOC(=O)CC(NC(=O)Nc1ccc(F)cc1F)c1cccc(OC)c1. The van der Waals surface area contributed by atoms with Crippen molar-refractivity contribution in [3.05, 3.63) is 59.7 Å². The summed E-state index contributed by atoms with van der Waals surface area (Å²) in [5.41, 5.74) is 0.423. The van der Waals surface area contributed by atoms with Crippen LogP contribution in [0, 0.1) is 11.6 Å². The molecule has 0 saturated heterocycles. The number of benzene rings is 2. The fourth-order valence-electron chi connectivity index (χ4n) is 2.40. The zero-order valence-electron chi connectivity index (χ0n) is 14.9. The number of hydrogen-bond donors (Lipinski definition) is 2. The number of halogens is 2. The maximum absolute atomic E-state index is 13.7. The van der Waals surface area contributed by atoms with E-state index in [1.54, 1.807) is 31.2 Å². The first kappa shape index (κ1) is 20.2. The molecule has 1 atom stereocenters. The quantitative estimate of drug-likeness (QED) is 0.719. The monoisotopic (exact) mass is 378 g/mol. The summed E-state index contributed by atoms with van der Waals surface area (Å²) in [6, 6.07) is 8.12. The first-order valence-electron chi connectivity index (χ1n) is 8.25. The van der Waals surface area contributed by atoms with Gasteiger partial charge in [0.25, 0.3) is 0 Å². The molecule has 0 aliphatic carbocycles. The van der Waals surface area contributed by atoms with E-state index in [1.807, 2.05) is 0 Å². The number of rotatable bonds is 7. The first-order chi connectivity index (χ1) is 12.9. The average molecular weight is 378 g/mol. The third-order valence-electron chi connectivity index (χ3n) is 3.66. The highest BCUT2D eigenvalue weighted by Crippen LogP contribution is 2.23. The van der Waals surface area contributed by atoms with Gasteiger partial charge in [-0.2, -0.15) is 0 Å². The standard InChI is InChI=1S/C19H20F2N2O4/c1-3-27-18(24)11-17(12-5-4-6-14(9-12)26-2)23-19(25)22-16-8-7-13(20)10-15(16)21/h4-10,17H,3,11H2,1-2H3,(H2,22,23,25). The van der Waals surface area contributed by atoms with Crippen molar-refractivity contribution >= 4 is 17.7 Å². The second-order valence-corrected chi connectivity index (χ2v) is 5.56.